The fraction of sp³-hybridized carbons (Fsp3) is 0.500. The second kappa shape index (κ2) is 5.98. The Morgan fingerprint density at radius 2 is 2.17 bits per heavy atom. The van der Waals surface area contributed by atoms with E-state index in [1.807, 2.05) is 18.2 Å². The van der Waals surface area contributed by atoms with Gasteiger partial charge in [-0.3, -0.25) is 4.79 Å². The van der Waals surface area contributed by atoms with Gasteiger partial charge in [0.1, 0.15) is 6.04 Å². The number of benzene rings is 1. The number of amides is 1. The molecule has 1 saturated heterocycles. The van der Waals surface area contributed by atoms with Crippen LogP contribution in [-0.2, 0) is 4.79 Å². The average molecular weight is 248 g/mol. The Hall–Kier alpha value is -1.39. The monoisotopic (exact) mass is 248 g/mol. The van der Waals surface area contributed by atoms with Crippen LogP contribution in [0.4, 0.5) is 0 Å². The van der Waals surface area contributed by atoms with Crippen molar-refractivity contribution in [3.05, 3.63) is 35.9 Å². The number of carbonyl (C=O) groups excluding carboxylic acids is 1. The maximum absolute atomic E-state index is 11.9. The number of aliphatic hydroxyl groups excluding tert-OH is 1. The van der Waals surface area contributed by atoms with Crippen molar-refractivity contribution < 1.29 is 9.90 Å². The topological polar surface area (TPSA) is 66.6 Å². The van der Waals surface area contributed by atoms with E-state index >= 15 is 0 Å². The van der Waals surface area contributed by atoms with Gasteiger partial charge in [-0.2, -0.15) is 0 Å². The van der Waals surface area contributed by atoms with E-state index in [4.69, 9.17) is 10.8 Å². The van der Waals surface area contributed by atoms with Crippen LogP contribution < -0.4 is 5.73 Å². The highest BCUT2D eigenvalue weighted by Gasteiger charge is 2.27. The van der Waals surface area contributed by atoms with Crippen LogP contribution in [-0.4, -0.2) is 41.7 Å². The summed E-state index contributed by atoms with van der Waals surface area (Å²) in [6, 6.07) is 9.47. The fourth-order valence-electron chi connectivity index (χ4n) is 2.49. The molecule has 98 valence electrons. The van der Waals surface area contributed by atoms with Crippen LogP contribution in [0.2, 0.25) is 0 Å². The maximum atomic E-state index is 11.9. The molecule has 4 heteroatoms. The van der Waals surface area contributed by atoms with E-state index in [1.165, 1.54) is 5.56 Å². The van der Waals surface area contributed by atoms with Crippen LogP contribution in [0.1, 0.15) is 24.3 Å². The molecule has 18 heavy (non-hydrogen) atoms. The van der Waals surface area contributed by atoms with Crippen molar-refractivity contribution in [1.82, 2.24) is 4.90 Å². The Balaban J connectivity index is 2.03. The molecule has 1 aromatic carbocycles. The summed E-state index contributed by atoms with van der Waals surface area (Å²) in [7, 11) is 0. The predicted octanol–water partition coefficient (Wildman–Crippen LogP) is 0.712. The first kappa shape index (κ1) is 13.1. The van der Waals surface area contributed by atoms with Crippen molar-refractivity contribution in [2.24, 2.45) is 5.73 Å². The van der Waals surface area contributed by atoms with Gasteiger partial charge < -0.3 is 15.7 Å². The molecule has 3 N–H and O–H groups in total. The number of nitrogens with zero attached hydrogens (tertiary/aromatic N) is 1. The quantitative estimate of drug-likeness (QED) is 0.828. The first-order valence-corrected chi connectivity index (χ1v) is 6.42. The summed E-state index contributed by atoms with van der Waals surface area (Å²) in [4.78, 5) is 13.7. The van der Waals surface area contributed by atoms with Gasteiger partial charge in [0.25, 0.3) is 0 Å². The molecule has 2 rings (SSSR count). The first-order chi connectivity index (χ1) is 8.72. The number of nitrogens with two attached hydrogens (primary N) is 1. The summed E-state index contributed by atoms with van der Waals surface area (Å²) in [6.45, 7) is 1.16. The van der Waals surface area contributed by atoms with Crippen molar-refractivity contribution in [2.75, 3.05) is 19.7 Å². The molecule has 1 aliphatic rings. The molecule has 1 amide bonds. The fourth-order valence-corrected chi connectivity index (χ4v) is 2.49. The van der Waals surface area contributed by atoms with Crippen LogP contribution in [0.25, 0.3) is 0 Å². The van der Waals surface area contributed by atoms with Crippen LogP contribution in [0, 0.1) is 0 Å². The molecule has 1 aromatic rings. The number of carbonyl (C=O) groups is 1. The minimum absolute atomic E-state index is 0.141. The SMILES string of the molecule is N[C@H](CO)C(=O)N1CCC[C@H](c2ccccc2)C1. The third-order valence-corrected chi connectivity index (χ3v) is 3.52. The summed E-state index contributed by atoms with van der Waals surface area (Å²) in [5, 5.41) is 8.95. The van der Waals surface area contributed by atoms with Gasteiger partial charge in [-0.25, -0.2) is 0 Å². The maximum Gasteiger partial charge on any atom is 0.241 e. The lowest BCUT2D eigenvalue weighted by Gasteiger charge is -2.34. The molecule has 0 radical (unpaired) electrons. The first-order valence-electron chi connectivity index (χ1n) is 6.42. The van der Waals surface area contributed by atoms with E-state index in [0.717, 1.165) is 19.4 Å². The van der Waals surface area contributed by atoms with Gasteiger partial charge in [0.2, 0.25) is 5.91 Å². The Morgan fingerprint density at radius 1 is 1.44 bits per heavy atom. The number of hydrogen-bond donors (Lipinski definition) is 2. The molecule has 1 heterocycles. The van der Waals surface area contributed by atoms with Crippen molar-refractivity contribution in [3.63, 3.8) is 0 Å². The molecule has 0 spiro atoms. The standard InChI is InChI=1S/C14H20N2O2/c15-13(10-17)14(18)16-8-4-7-12(9-16)11-5-2-1-3-6-11/h1-3,5-6,12-13,17H,4,7-10,15H2/t12-,13+/m0/s1. The highest BCUT2D eigenvalue weighted by molar-refractivity contribution is 5.81. The van der Waals surface area contributed by atoms with E-state index in [0.29, 0.717) is 12.5 Å². The number of hydrogen-bond acceptors (Lipinski definition) is 3. The smallest absolute Gasteiger partial charge is 0.241 e. The molecule has 4 nitrogen and oxygen atoms in total. The van der Waals surface area contributed by atoms with E-state index in [9.17, 15) is 4.79 Å². The molecule has 0 saturated carbocycles. The summed E-state index contributed by atoms with van der Waals surface area (Å²) >= 11 is 0. The lowest BCUT2D eigenvalue weighted by Crippen LogP contribution is -2.49. The van der Waals surface area contributed by atoms with Crippen molar-refractivity contribution in [2.45, 2.75) is 24.8 Å². The third-order valence-electron chi connectivity index (χ3n) is 3.52. The van der Waals surface area contributed by atoms with E-state index in [1.54, 1.807) is 4.90 Å². The van der Waals surface area contributed by atoms with Gasteiger partial charge in [-0.1, -0.05) is 30.3 Å². The van der Waals surface area contributed by atoms with Crippen LogP contribution in [0.5, 0.6) is 0 Å². The minimum atomic E-state index is -0.778. The van der Waals surface area contributed by atoms with Gasteiger partial charge in [-0.05, 0) is 18.4 Å². The molecule has 0 unspecified atom stereocenters. The largest absolute Gasteiger partial charge is 0.394 e. The Labute approximate surface area is 107 Å². The Kier molecular flexibility index (Phi) is 4.33. The number of rotatable bonds is 3. The second-order valence-electron chi connectivity index (χ2n) is 4.82. The predicted molar refractivity (Wildman–Crippen MR) is 70.1 cm³/mol. The minimum Gasteiger partial charge on any atom is -0.394 e. The summed E-state index contributed by atoms with van der Waals surface area (Å²) in [6.07, 6.45) is 2.09. The highest BCUT2D eigenvalue weighted by Crippen LogP contribution is 2.26. The summed E-state index contributed by atoms with van der Waals surface area (Å²) in [5.74, 6) is 0.243. The molecule has 0 aliphatic carbocycles. The molecule has 1 aliphatic heterocycles. The lowest BCUT2D eigenvalue weighted by atomic mass is 9.90. The molecule has 0 aromatic heterocycles. The van der Waals surface area contributed by atoms with Crippen molar-refractivity contribution in [3.8, 4) is 0 Å². The molecule has 2 atom stereocenters. The van der Waals surface area contributed by atoms with Crippen LogP contribution in [0.3, 0.4) is 0 Å². The highest BCUT2D eigenvalue weighted by atomic mass is 16.3. The van der Waals surface area contributed by atoms with Crippen LogP contribution >= 0.6 is 0 Å². The number of aliphatic hydroxyl groups is 1. The number of piperidine rings is 1. The van der Waals surface area contributed by atoms with E-state index in [-0.39, 0.29) is 12.5 Å². The zero-order valence-corrected chi connectivity index (χ0v) is 10.5. The van der Waals surface area contributed by atoms with Gasteiger partial charge >= 0.3 is 0 Å². The van der Waals surface area contributed by atoms with Crippen molar-refractivity contribution >= 4 is 5.91 Å². The Morgan fingerprint density at radius 3 is 2.83 bits per heavy atom. The molecule has 0 bridgehead atoms. The Bertz CT molecular complexity index is 394. The van der Waals surface area contributed by atoms with Crippen molar-refractivity contribution in [1.29, 1.82) is 0 Å². The van der Waals surface area contributed by atoms with Gasteiger partial charge in [0.05, 0.1) is 6.61 Å². The van der Waals surface area contributed by atoms with Gasteiger partial charge in [-0.15, -0.1) is 0 Å². The van der Waals surface area contributed by atoms with E-state index < -0.39 is 6.04 Å². The normalized spacial score (nSPS) is 21.7. The lowest BCUT2D eigenvalue weighted by molar-refractivity contribution is -0.134. The average Bonchev–Trinajstić information content (AvgIpc) is 2.46. The van der Waals surface area contributed by atoms with E-state index in [2.05, 4.69) is 12.1 Å². The molecular weight excluding hydrogens is 228 g/mol. The molecule has 1 fully saturated rings. The third kappa shape index (κ3) is 2.89. The summed E-state index contributed by atoms with van der Waals surface area (Å²) in [5.41, 5.74) is 6.86. The molecular formula is C14H20N2O2. The number of likely N-dealkylation sites (tertiary alicyclic amines) is 1. The zero-order chi connectivity index (χ0) is 13.0. The van der Waals surface area contributed by atoms with Gasteiger partial charge in [0.15, 0.2) is 0 Å². The summed E-state index contributed by atoms with van der Waals surface area (Å²) < 4.78 is 0. The zero-order valence-electron chi connectivity index (χ0n) is 10.5. The van der Waals surface area contributed by atoms with Crippen LogP contribution in [0.15, 0.2) is 30.3 Å². The van der Waals surface area contributed by atoms with Gasteiger partial charge in [0, 0.05) is 19.0 Å². The second-order valence-corrected chi connectivity index (χ2v) is 4.82.